The molecule has 146 valence electrons. The van der Waals surface area contributed by atoms with E-state index in [1.165, 1.54) is 0 Å². The summed E-state index contributed by atoms with van der Waals surface area (Å²) in [6.45, 7) is 6.31. The maximum atomic E-state index is 9.42. The molecule has 4 aromatic heterocycles. The number of aryl methyl sites for hydroxylation is 1. The highest BCUT2D eigenvalue weighted by Gasteiger charge is 2.18. The van der Waals surface area contributed by atoms with E-state index >= 15 is 0 Å². The first-order valence-corrected chi connectivity index (χ1v) is 9.73. The van der Waals surface area contributed by atoms with Gasteiger partial charge in [-0.2, -0.15) is 10.4 Å². The van der Waals surface area contributed by atoms with Crippen molar-refractivity contribution in [2.75, 3.05) is 0 Å². The molecule has 0 saturated carbocycles. The molecular formula is C21H22N8. The molecule has 8 nitrogen and oxygen atoms in total. The zero-order chi connectivity index (χ0) is 20.4. The largest absolute Gasteiger partial charge is 0.240 e. The van der Waals surface area contributed by atoms with Crippen LogP contribution < -0.4 is 0 Å². The Labute approximate surface area is 168 Å². The van der Waals surface area contributed by atoms with Crippen LogP contribution in [0.5, 0.6) is 0 Å². The Hall–Kier alpha value is -3.60. The summed E-state index contributed by atoms with van der Waals surface area (Å²) < 4.78 is 3.48. The second-order valence-electron chi connectivity index (χ2n) is 7.21. The Morgan fingerprint density at radius 2 is 2.03 bits per heavy atom. The lowest BCUT2D eigenvalue weighted by Gasteiger charge is -2.11. The van der Waals surface area contributed by atoms with Crippen molar-refractivity contribution in [2.24, 2.45) is 0 Å². The van der Waals surface area contributed by atoms with E-state index in [2.05, 4.69) is 47.0 Å². The van der Waals surface area contributed by atoms with Crippen molar-refractivity contribution >= 4 is 5.65 Å². The highest BCUT2D eigenvalue weighted by atomic mass is 15.3. The third-order valence-corrected chi connectivity index (χ3v) is 4.78. The molecule has 0 fully saturated rings. The predicted molar refractivity (Wildman–Crippen MR) is 108 cm³/mol. The smallest absolute Gasteiger partial charge is 0.171 e. The minimum absolute atomic E-state index is 0.253. The lowest BCUT2D eigenvalue weighted by atomic mass is 10.1. The maximum Gasteiger partial charge on any atom is 0.171 e. The number of nitrogens with zero attached hydrogens (tertiary/aromatic N) is 8. The molecule has 4 heterocycles. The fourth-order valence-corrected chi connectivity index (χ4v) is 3.34. The molecule has 0 atom stereocenters. The molecule has 0 radical (unpaired) electrons. The quantitative estimate of drug-likeness (QED) is 0.504. The van der Waals surface area contributed by atoms with Crippen LogP contribution in [0.2, 0.25) is 0 Å². The van der Waals surface area contributed by atoms with Crippen molar-refractivity contribution in [2.45, 2.75) is 46.0 Å². The van der Waals surface area contributed by atoms with E-state index in [0.29, 0.717) is 17.8 Å². The molecule has 4 rings (SSSR count). The normalized spacial score (nSPS) is 11.3. The summed E-state index contributed by atoms with van der Waals surface area (Å²) in [6.07, 6.45) is 7.53. The average Bonchev–Trinajstić information content (AvgIpc) is 3.37. The molecule has 29 heavy (non-hydrogen) atoms. The van der Waals surface area contributed by atoms with Crippen molar-refractivity contribution in [3.8, 4) is 11.9 Å². The Morgan fingerprint density at radius 1 is 1.17 bits per heavy atom. The standard InChI is InChI=1S/C21H22N8/c1-4-6-17-18(24-13-28-21(17)26-19(27-28)14(2)3)11-16-8-10-25-29(16)20-15(12-22)7-5-9-23-20/h5,7-10,13-14H,4,6,11H2,1-3H3. The third kappa shape index (κ3) is 3.47. The van der Waals surface area contributed by atoms with Crippen LogP contribution >= 0.6 is 0 Å². The summed E-state index contributed by atoms with van der Waals surface area (Å²) in [5, 5.41) is 18.4. The molecule has 0 spiro atoms. The van der Waals surface area contributed by atoms with Gasteiger partial charge in [-0.3, -0.25) is 0 Å². The molecule has 0 bridgehead atoms. The highest BCUT2D eigenvalue weighted by Crippen LogP contribution is 2.21. The molecule has 0 aliphatic heterocycles. The first-order valence-electron chi connectivity index (χ1n) is 9.73. The number of rotatable bonds is 6. The Kier molecular flexibility index (Phi) is 5.04. The summed E-state index contributed by atoms with van der Waals surface area (Å²) >= 11 is 0. The van der Waals surface area contributed by atoms with E-state index in [9.17, 15) is 5.26 Å². The van der Waals surface area contributed by atoms with Crippen LogP contribution in [-0.4, -0.2) is 34.3 Å². The molecular weight excluding hydrogens is 364 g/mol. The van der Waals surface area contributed by atoms with Crippen molar-refractivity contribution in [1.29, 1.82) is 5.26 Å². The molecule has 0 unspecified atom stereocenters. The third-order valence-electron chi connectivity index (χ3n) is 4.78. The van der Waals surface area contributed by atoms with E-state index in [0.717, 1.165) is 41.3 Å². The number of fused-ring (bicyclic) bond motifs is 1. The van der Waals surface area contributed by atoms with Crippen LogP contribution in [0.3, 0.4) is 0 Å². The molecule has 0 aliphatic carbocycles. The Balaban J connectivity index is 1.79. The fraction of sp³-hybridized carbons (Fsp3) is 0.333. The molecule has 0 aliphatic rings. The monoisotopic (exact) mass is 386 g/mol. The van der Waals surface area contributed by atoms with Crippen LogP contribution in [0.4, 0.5) is 0 Å². The van der Waals surface area contributed by atoms with Crippen LogP contribution in [0.25, 0.3) is 11.5 Å². The van der Waals surface area contributed by atoms with Crippen LogP contribution in [0.15, 0.2) is 36.9 Å². The number of nitriles is 1. The van der Waals surface area contributed by atoms with Gasteiger partial charge in [-0.1, -0.05) is 27.2 Å². The van der Waals surface area contributed by atoms with Gasteiger partial charge in [0.15, 0.2) is 17.3 Å². The minimum Gasteiger partial charge on any atom is -0.240 e. The van der Waals surface area contributed by atoms with Crippen LogP contribution in [-0.2, 0) is 12.8 Å². The Bertz CT molecular complexity index is 1200. The van der Waals surface area contributed by atoms with E-state index in [1.54, 1.807) is 40.1 Å². The molecule has 8 heteroatoms. The lowest BCUT2D eigenvalue weighted by molar-refractivity contribution is 0.754. The van der Waals surface area contributed by atoms with Crippen LogP contribution in [0, 0.1) is 11.3 Å². The first kappa shape index (κ1) is 18.7. The second-order valence-corrected chi connectivity index (χ2v) is 7.21. The molecule has 0 N–H and O–H groups in total. The van der Waals surface area contributed by atoms with Gasteiger partial charge in [0.2, 0.25) is 0 Å². The summed E-state index contributed by atoms with van der Waals surface area (Å²) in [5.74, 6) is 1.60. The van der Waals surface area contributed by atoms with Gasteiger partial charge in [-0.05, 0) is 24.6 Å². The van der Waals surface area contributed by atoms with Gasteiger partial charge in [0.25, 0.3) is 0 Å². The van der Waals surface area contributed by atoms with Crippen molar-refractivity contribution < 1.29 is 0 Å². The molecule has 0 aromatic carbocycles. The molecule has 0 amide bonds. The number of hydrogen-bond acceptors (Lipinski definition) is 6. The zero-order valence-electron chi connectivity index (χ0n) is 16.7. The van der Waals surface area contributed by atoms with Gasteiger partial charge in [-0.15, -0.1) is 5.10 Å². The fourth-order valence-electron chi connectivity index (χ4n) is 3.34. The maximum absolute atomic E-state index is 9.42. The molecule has 4 aromatic rings. The topological polar surface area (TPSA) is 97.6 Å². The summed E-state index contributed by atoms with van der Waals surface area (Å²) in [6, 6.07) is 7.60. The summed E-state index contributed by atoms with van der Waals surface area (Å²) in [4.78, 5) is 13.8. The summed E-state index contributed by atoms with van der Waals surface area (Å²) in [5.41, 5.74) is 4.30. The molecule has 0 saturated heterocycles. The van der Waals surface area contributed by atoms with E-state index in [1.807, 2.05) is 6.07 Å². The SMILES string of the molecule is CCCc1c(Cc2ccnn2-c2ncccc2C#N)ncn2nc(C(C)C)nc12. The van der Waals surface area contributed by atoms with E-state index in [-0.39, 0.29) is 5.92 Å². The second kappa shape index (κ2) is 7.80. The average molecular weight is 386 g/mol. The van der Waals surface area contributed by atoms with Gasteiger partial charge in [0, 0.05) is 30.3 Å². The van der Waals surface area contributed by atoms with Crippen LogP contribution in [0.1, 0.15) is 61.4 Å². The number of hydrogen-bond donors (Lipinski definition) is 0. The van der Waals surface area contributed by atoms with E-state index < -0.39 is 0 Å². The van der Waals surface area contributed by atoms with Crippen molar-refractivity contribution in [3.63, 3.8) is 0 Å². The van der Waals surface area contributed by atoms with Gasteiger partial charge in [0.1, 0.15) is 12.4 Å². The number of pyridine rings is 1. The minimum atomic E-state index is 0.253. The zero-order valence-corrected chi connectivity index (χ0v) is 16.7. The highest BCUT2D eigenvalue weighted by molar-refractivity contribution is 5.50. The van der Waals surface area contributed by atoms with Gasteiger partial charge in [-0.25, -0.2) is 24.1 Å². The predicted octanol–water partition coefficient (Wildman–Crippen LogP) is 3.24. The summed E-state index contributed by atoms with van der Waals surface area (Å²) in [7, 11) is 0. The van der Waals surface area contributed by atoms with Crippen molar-refractivity contribution in [3.05, 3.63) is 65.3 Å². The van der Waals surface area contributed by atoms with Gasteiger partial charge >= 0.3 is 0 Å². The van der Waals surface area contributed by atoms with E-state index in [4.69, 9.17) is 4.98 Å². The van der Waals surface area contributed by atoms with Gasteiger partial charge in [0.05, 0.1) is 17.0 Å². The number of aromatic nitrogens is 7. The van der Waals surface area contributed by atoms with Gasteiger partial charge < -0.3 is 0 Å². The Morgan fingerprint density at radius 3 is 2.79 bits per heavy atom. The van der Waals surface area contributed by atoms with Crippen molar-refractivity contribution in [1.82, 2.24) is 34.3 Å². The lowest BCUT2D eigenvalue weighted by Crippen LogP contribution is -2.10. The first-order chi connectivity index (χ1) is 14.1.